The van der Waals surface area contributed by atoms with Gasteiger partial charge < -0.3 is 9.84 Å². The van der Waals surface area contributed by atoms with Gasteiger partial charge in [-0.25, -0.2) is 4.79 Å². The van der Waals surface area contributed by atoms with Gasteiger partial charge >= 0.3 is 11.9 Å². The molecule has 1 rings (SSSR count). The van der Waals surface area contributed by atoms with Crippen LogP contribution in [0.2, 0.25) is 0 Å². The van der Waals surface area contributed by atoms with Crippen molar-refractivity contribution in [3.05, 3.63) is 12.2 Å². The van der Waals surface area contributed by atoms with Gasteiger partial charge in [-0.05, 0) is 0 Å². The van der Waals surface area contributed by atoms with Crippen molar-refractivity contribution in [2.24, 2.45) is 0 Å². The van der Waals surface area contributed by atoms with Crippen LogP contribution in [0.3, 0.4) is 0 Å². The average molecular weight is 185 g/mol. The van der Waals surface area contributed by atoms with E-state index in [-0.39, 0.29) is 12.4 Å². The second kappa shape index (κ2) is 3.65. The highest BCUT2D eigenvalue weighted by atomic mass is 16.5. The number of hydrogen-bond acceptors (Lipinski definition) is 5. The quantitative estimate of drug-likeness (QED) is 0.616. The molecule has 1 N–H and O–H groups in total. The number of nitrogens with zero attached hydrogens (tertiary/aromatic N) is 3. The third kappa shape index (κ3) is 2.01. The Balaban J connectivity index is 2.89. The summed E-state index contributed by atoms with van der Waals surface area (Å²) in [6.07, 6.45) is 1.15. The molecule has 1 aromatic heterocycles. The summed E-state index contributed by atoms with van der Waals surface area (Å²) in [6.45, 7) is -0.364. The Bertz CT molecular complexity index is 332. The van der Waals surface area contributed by atoms with Crippen molar-refractivity contribution in [3.8, 4) is 0 Å². The standard InChI is InChI=1S/C6H7N3O4/c1-13-6(12)5-8-7-3-9(5)2-4(10)11/h3H,2H2,1H3,(H,10,11). The van der Waals surface area contributed by atoms with E-state index in [2.05, 4.69) is 14.9 Å². The van der Waals surface area contributed by atoms with Crippen molar-refractivity contribution >= 4 is 11.9 Å². The van der Waals surface area contributed by atoms with Crippen LogP contribution in [0.5, 0.6) is 0 Å². The number of aliphatic carboxylic acids is 1. The van der Waals surface area contributed by atoms with Crippen LogP contribution in [0.1, 0.15) is 10.6 Å². The molecule has 7 heteroatoms. The maximum Gasteiger partial charge on any atom is 0.376 e. The first-order chi connectivity index (χ1) is 6.15. The lowest BCUT2D eigenvalue weighted by Gasteiger charge is -1.99. The van der Waals surface area contributed by atoms with Crippen LogP contribution in [0.15, 0.2) is 6.33 Å². The van der Waals surface area contributed by atoms with Gasteiger partial charge in [-0.2, -0.15) is 0 Å². The zero-order valence-electron chi connectivity index (χ0n) is 6.80. The molecule has 1 heterocycles. The van der Waals surface area contributed by atoms with Crippen molar-refractivity contribution < 1.29 is 19.4 Å². The SMILES string of the molecule is COC(=O)c1nncn1CC(=O)O. The Hall–Kier alpha value is -1.92. The molecule has 0 radical (unpaired) electrons. The largest absolute Gasteiger partial charge is 0.480 e. The van der Waals surface area contributed by atoms with E-state index < -0.39 is 11.9 Å². The second-order valence-electron chi connectivity index (χ2n) is 2.17. The molecular formula is C6H7N3O4. The van der Waals surface area contributed by atoms with E-state index in [1.807, 2.05) is 0 Å². The Labute approximate surface area is 72.9 Å². The molecule has 0 bridgehead atoms. The third-order valence-electron chi connectivity index (χ3n) is 1.29. The van der Waals surface area contributed by atoms with Gasteiger partial charge in [-0.3, -0.25) is 9.36 Å². The van der Waals surface area contributed by atoms with Crippen LogP contribution in [0.4, 0.5) is 0 Å². The highest BCUT2D eigenvalue weighted by Gasteiger charge is 2.15. The van der Waals surface area contributed by atoms with E-state index in [1.54, 1.807) is 0 Å². The minimum Gasteiger partial charge on any atom is -0.480 e. The fourth-order valence-corrected chi connectivity index (χ4v) is 0.766. The fourth-order valence-electron chi connectivity index (χ4n) is 0.766. The molecule has 0 aliphatic heterocycles. The van der Waals surface area contributed by atoms with E-state index in [1.165, 1.54) is 7.11 Å². The molecule has 0 fully saturated rings. The highest BCUT2D eigenvalue weighted by Crippen LogP contribution is 1.96. The first kappa shape index (κ1) is 9.17. The summed E-state index contributed by atoms with van der Waals surface area (Å²) < 4.78 is 5.45. The Morgan fingerprint density at radius 1 is 1.69 bits per heavy atom. The number of ether oxygens (including phenoxy) is 1. The molecule has 13 heavy (non-hydrogen) atoms. The molecule has 0 unspecified atom stereocenters. The van der Waals surface area contributed by atoms with E-state index in [4.69, 9.17) is 5.11 Å². The Morgan fingerprint density at radius 2 is 2.38 bits per heavy atom. The van der Waals surface area contributed by atoms with Gasteiger partial charge in [0, 0.05) is 0 Å². The lowest BCUT2D eigenvalue weighted by Crippen LogP contribution is -2.15. The number of hydrogen-bond donors (Lipinski definition) is 1. The number of carbonyl (C=O) groups excluding carboxylic acids is 1. The molecule has 1 aromatic rings. The van der Waals surface area contributed by atoms with E-state index in [0.29, 0.717) is 0 Å². The van der Waals surface area contributed by atoms with Crippen LogP contribution >= 0.6 is 0 Å². The van der Waals surface area contributed by atoms with Crippen LogP contribution in [-0.2, 0) is 16.1 Å². The van der Waals surface area contributed by atoms with Crippen molar-refractivity contribution in [2.45, 2.75) is 6.54 Å². The van der Waals surface area contributed by atoms with E-state index >= 15 is 0 Å². The summed E-state index contributed by atoms with van der Waals surface area (Å²) in [6, 6.07) is 0. The first-order valence-corrected chi connectivity index (χ1v) is 3.33. The van der Waals surface area contributed by atoms with E-state index in [0.717, 1.165) is 10.9 Å². The minimum absolute atomic E-state index is 0.120. The number of aromatic nitrogens is 3. The second-order valence-corrected chi connectivity index (χ2v) is 2.17. The summed E-state index contributed by atoms with van der Waals surface area (Å²) >= 11 is 0. The molecule has 7 nitrogen and oxygen atoms in total. The smallest absolute Gasteiger partial charge is 0.376 e. The van der Waals surface area contributed by atoms with Gasteiger partial charge in [0.2, 0.25) is 5.82 Å². The molecule has 70 valence electrons. The number of carboxylic acid groups (broad SMARTS) is 1. The maximum absolute atomic E-state index is 10.9. The van der Waals surface area contributed by atoms with Gasteiger partial charge in [0.1, 0.15) is 12.9 Å². The van der Waals surface area contributed by atoms with Crippen LogP contribution in [0.25, 0.3) is 0 Å². The van der Waals surface area contributed by atoms with Crippen LogP contribution in [0, 0.1) is 0 Å². The monoisotopic (exact) mass is 185 g/mol. The highest BCUT2D eigenvalue weighted by molar-refractivity contribution is 5.85. The van der Waals surface area contributed by atoms with Gasteiger partial charge in [-0.15, -0.1) is 10.2 Å². The molecule has 0 aromatic carbocycles. The van der Waals surface area contributed by atoms with Crippen LogP contribution in [-0.4, -0.2) is 38.9 Å². The molecule has 0 spiro atoms. The Morgan fingerprint density at radius 3 is 2.92 bits per heavy atom. The zero-order chi connectivity index (χ0) is 9.84. The predicted octanol–water partition coefficient (Wildman–Crippen LogP) is -0.851. The number of methoxy groups -OCH3 is 1. The maximum atomic E-state index is 10.9. The van der Waals surface area contributed by atoms with Gasteiger partial charge in [0.05, 0.1) is 7.11 Å². The Kier molecular flexibility index (Phi) is 2.58. The molecule has 0 saturated carbocycles. The first-order valence-electron chi connectivity index (χ1n) is 3.33. The van der Waals surface area contributed by atoms with Crippen molar-refractivity contribution in [3.63, 3.8) is 0 Å². The van der Waals surface area contributed by atoms with Crippen molar-refractivity contribution in [2.75, 3.05) is 7.11 Å². The van der Waals surface area contributed by atoms with Gasteiger partial charge in [-0.1, -0.05) is 0 Å². The zero-order valence-corrected chi connectivity index (χ0v) is 6.80. The summed E-state index contributed by atoms with van der Waals surface area (Å²) in [5.74, 6) is -1.91. The van der Waals surface area contributed by atoms with E-state index in [9.17, 15) is 9.59 Å². The summed E-state index contributed by atoms with van der Waals surface area (Å²) in [4.78, 5) is 21.2. The van der Waals surface area contributed by atoms with Crippen LogP contribution < -0.4 is 0 Å². The summed E-state index contributed by atoms with van der Waals surface area (Å²) in [5, 5.41) is 15.2. The fraction of sp³-hybridized carbons (Fsp3) is 0.333. The molecule has 0 aliphatic carbocycles. The van der Waals surface area contributed by atoms with Gasteiger partial charge in [0.25, 0.3) is 0 Å². The minimum atomic E-state index is -1.08. The molecule has 0 saturated heterocycles. The predicted molar refractivity (Wildman–Crippen MR) is 39.0 cm³/mol. The topological polar surface area (TPSA) is 94.3 Å². The number of carboxylic acids is 1. The summed E-state index contributed by atoms with van der Waals surface area (Å²) in [7, 11) is 1.18. The average Bonchev–Trinajstić information content (AvgIpc) is 2.50. The number of rotatable bonds is 3. The van der Waals surface area contributed by atoms with Gasteiger partial charge in [0.15, 0.2) is 0 Å². The molecule has 0 atom stereocenters. The lowest BCUT2D eigenvalue weighted by molar-refractivity contribution is -0.137. The summed E-state index contributed by atoms with van der Waals surface area (Å²) in [5.41, 5.74) is 0. The molecule has 0 aliphatic rings. The lowest BCUT2D eigenvalue weighted by atomic mass is 10.5. The third-order valence-corrected chi connectivity index (χ3v) is 1.29. The number of carbonyl (C=O) groups is 2. The van der Waals surface area contributed by atoms with Crippen molar-refractivity contribution in [1.82, 2.24) is 14.8 Å². The normalized spacial score (nSPS) is 9.62. The molecular weight excluding hydrogens is 178 g/mol. The molecule has 0 amide bonds. The number of esters is 1. The van der Waals surface area contributed by atoms with Crippen molar-refractivity contribution in [1.29, 1.82) is 0 Å².